The SMILES string of the molecule is CCNC(=NCc1ccc(C(=O)NCC(N)=O)cc1)NC(C)CCC(C)C.I. The van der Waals surface area contributed by atoms with E-state index in [0.717, 1.165) is 24.5 Å². The molecular formula is C20H34IN5O2. The fourth-order valence-electron chi connectivity index (χ4n) is 2.41. The molecular weight excluding hydrogens is 469 g/mol. The van der Waals surface area contributed by atoms with E-state index in [1.54, 1.807) is 12.1 Å². The maximum absolute atomic E-state index is 11.9. The normalized spacial score (nSPS) is 12.1. The number of aliphatic imine (C=N–C) groups is 1. The molecule has 1 aromatic rings. The minimum Gasteiger partial charge on any atom is -0.368 e. The van der Waals surface area contributed by atoms with Crippen LogP contribution in [0.2, 0.25) is 0 Å². The van der Waals surface area contributed by atoms with Crippen LogP contribution in [0, 0.1) is 5.92 Å². The van der Waals surface area contributed by atoms with Crippen LogP contribution >= 0.6 is 24.0 Å². The molecule has 8 heteroatoms. The zero-order chi connectivity index (χ0) is 20.2. The Kier molecular flexibility index (Phi) is 13.3. The Morgan fingerprint density at radius 3 is 2.25 bits per heavy atom. The van der Waals surface area contributed by atoms with Crippen molar-refractivity contribution in [1.82, 2.24) is 16.0 Å². The minimum absolute atomic E-state index is 0. The molecule has 0 spiro atoms. The van der Waals surface area contributed by atoms with E-state index in [9.17, 15) is 9.59 Å². The van der Waals surface area contributed by atoms with Crippen LogP contribution in [-0.4, -0.2) is 36.9 Å². The van der Waals surface area contributed by atoms with Gasteiger partial charge in [-0.3, -0.25) is 9.59 Å². The Bertz CT molecular complexity index is 632. The largest absolute Gasteiger partial charge is 0.368 e. The third-order valence-corrected chi connectivity index (χ3v) is 3.96. The van der Waals surface area contributed by atoms with Crippen molar-refractivity contribution in [3.05, 3.63) is 35.4 Å². The van der Waals surface area contributed by atoms with E-state index in [4.69, 9.17) is 5.73 Å². The number of nitrogens with zero attached hydrogens (tertiary/aromatic N) is 1. The highest BCUT2D eigenvalue weighted by atomic mass is 127. The van der Waals surface area contributed by atoms with Gasteiger partial charge in [0.15, 0.2) is 5.96 Å². The van der Waals surface area contributed by atoms with Crippen molar-refractivity contribution in [2.75, 3.05) is 13.1 Å². The van der Waals surface area contributed by atoms with Crippen molar-refractivity contribution < 1.29 is 9.59 Å². The molecule has 1 aromatic carbocycles. The second kappa shape index (κ2) is 14.2. The van der Waals surface area contributed by atoms with Crippen LogP contribution < -0.4 is 21.7 Å². The van der Waals surface area contributed by atoms with Crippen molar-refractivity contribution in [1.29, 1.82) is 0 Å². The molecule has 0 aliphatic rings. The quantitative estimate of drug-likeness (QED) is 0.223. The van der Waals surface area contributed by atoms with E-state index in [1.807, 2.05) is 19.1 Å². The number of amides is 2. The van der Waals surface area contributed by atoms with Gasteiger partial charge < -0.3 is 21.7 Å². The molecule has 1 atom stereocenters. The lowest BCUT2D eigenvalue weighted by Crippen LogP contribution is -2.42. The summed E-state index contributed by atoms with van der Waals surface area (Å²) in [5, 5.41) is 9.16. The fourth-order valence-corrected chi connectivity index (χ4v) is 2.41. The number of carbonyl (C=O) groups is 2. The van der Waals surface area contributed by atoms with Crippen LogP contribution in [0.3, 0.4) is 0 Å². The molecule has 158 valence electrons. The first-order valence-electron chi connectivity index (χ1n) is 9.52. The first-order chi connectivity index (χ1) is 12.8. The molecule has 2 amide bonds. The second-order valence-electron chi connectivity index (χ2n) is 7.06. The summed E-state index contributed by atoms with van der Waals surface area (Å²) in [7, 11) is 0. The molecule has 0 aliphatic heterocycles. The van der Waals surface area contributed by atoms with Crippen molar-refractivity contribution in [3.8, 4) is 0 Å². The standard InChI is InChI=1S/C20H33N5O2.HI/c1-5-22-20(25-15(4)7-6-14(2)3)24-12-16-8-10-17(11-9-16)19(27)23-13-18(21)26;/h8-11,14-15H,5-7,12-13H2,1-4H3,(H2,21,26)(H,23,27)(H2,22,24,25);1H. The molecule has 0 aromatic heterocycles. The first-order valence-corrected chi connectivity index (χ1v) is 9.52. The lowest BCUT2D eigenvalue weighted by atomic mass is 10.0. The number of carbonyl (C=O) groups excluding carboxylic acids is 2. The van der Waals surface area contributed by atoms with Crippen molar-refractivity contribution in [2.45, 2.75) is 53.1 Å². The summed E-state index contributed by atoms with van der Waals surface area (Å²) >= 11 is 0. The highest BCUT2D eigenvalue weighted by Crippen LogP contribution is 2.07. The maximum atomic E-state index is 11.9. The Balaban J connectivity index is 0.00000729. The molecule has 0 aliphatic carbocycles. The zero-order valence-electron chi connectivity index (χ0n) is 17.2. The molecule has 0 fully saturated rings. The zero-order valence-corrected chi connectivity index (χ0v) is 19.6. The van der Waals surface area contributed by atoms with Crippen LogP contribution in [-0.2, 0) is 11.3 Å². The van der Waals surface area contributed by atoms with Crippen LogP contribution in [0.4, 0.5) is 0 Å². The molecule has 7 nitrogen and oxygen atoms in total. The van der Waals surface area contributed by atoms with Crippen LogP contribution in [0.25, 0.3) is 0 Å². The van der Waals surface area contributed by atoms with Gasteiger partial charge in [0.05, 0.1) is 13.1 Å². The van der Waals surface area contributed by atoms with Gasteiger partial charge in [0.1, 0.15) is 0 Å². The summed E-state index contributed by atoms with van der Waals surface area (Å²) in [5.74, 6) is 0.586. The summed E-state index contributed by atoms with van der Waals surface area (Å²) < 4.78 is 0. The van der Waals surface area contributed by atoms with E-state index in [-0.39, 0.29) is 36.4 Å². The maximum Gasteiger partial charge on any atom is 0.251 e. The minimum atomic E-state index is -0.569. The van der Waals surface area contributed by atoms with Crippen molar-refractivity contribution in [2.24, 2.45) is 16.6 Å². The van der Waals surface area contributed by atoms with E-state index in [2.05, 4.69) is 41.7 Å². The number of hydrogen-bond donors (Lipinski definition) is 4. The van der Waals surface area contributed by atoms with Gasteiger partial charge in [-0.15, -0.1) is 24.0 Å². The summed E-state index contributed by atoms with van der Waals surface area (Å²) in [4.78, 5) is 27.2. The van der Waals surface area contributed by atoms with Gasteiger partial charge in [-0.05, 0) is 50.3 Å². The summed E-state index contributed by atoms with van der Waals surface area (Å²) in [6.07, 6.45) is 2.27. The number of halogens is 1. The Hall–Kier alpha value is -1.84. The molecule has 0 saturated heterocycles. The average molecular weight is 503 g/mol. The van der Waals surface area contributed by atoms with Crippen LogP contribution in [0.1, 0.15) is 56.5 Å². The van der Waals surface area contributed by atoms with Crippen molar-refractivity contribution in [3.63, 3.8) is 0 Å². The van der Waals surface area contributed by atoms with Crippen molar-refractivity contribution >= 4 is 41.8 Å². The third-order valence-electron chi connectivity index (χ3n) is 3.96. The number of nitrogens with one attached hydrogen (secondary N) is 3. The molecule has 5 N–H and O–H groups in total. The third kappa shape index (κ3) is 11.1. The average Bonchev–Trinajstić information content (AvgIpc) is 2.63. The Morgan fingerprint density at radius 2 is 1.71 bits per heavy atom. The van der Waals surface area contributed by atoms with E-state index >= 15 is 0 Å². The first kappa shape index (κ1) is 26.2. The smallest absolute Gasteiger partial charge is 0.251 e. The number of primary amides is 1. The van der Waals surface area contributed by atoms with Gasteiger partial charge in [-0.1, -0.05) is 26.0 Å². The molecule has 0 radical (unpaired) electrons. The van der Waals surface area contributed by atoms with E-state index in [1.165, 1.54) is 6.42 Å². The predicted molar refractivity (Wildman–Crippen MR) is 125 cm³/mol. The van der Waals surface area contributed by atoms with E-state index < -0.39 is 5.91 Å². The monoisotopic (exact) mass is 503 g/mol. The predicted octanol–water partition coefficient (Wildman–Crippen LogP) is 2.40. The molecule has 28 heavy (non-hydrogen) atoms. The van der Waals surface area contributed by atoms with Gasteiger partial charge in [-0.2, -0.15) is 0 Å². The number of rotatable bonds is 10. The van der Waals surface area contributed by atoms with Gasteiger partial charge in [-0.25, -0.2) is 4.99 Å². The van der Waals surface area contributed by atoms with Crippen LogP contribution in [0.15, 0.2) is 29.3 Å². The molecule has 0 bridgehead atoms. The van der Waals surface area contributed by atoms with Gasteiger partial charge in [0.25, 0.3) is 5.91 Å². The number of guanidine groups is 1. The lowest BCUT2D eigenvalue weighted by Gasteiger charge is -2.18. The van der Waals surface area contributed by atoms with Gasteiger partial charge in [0, 0.05) is 18.2 Å². The fraction of sp³-hybridized carbons (Fsp3) is 0.550. The van der Waals surface area contributed by atoms with Gasteiger partial charge >= 0.3 is 0 Å². The van der Waals surface area contributed by atoms with Gasteiger partial charge in [0.2, 0.25) is 5.91 Å². The molecule has 1 rings (SSSR count). The topological polar surface area (TPSA) is 109 Å². The number of nitrogens with two attached hydrogens (primary N) is 1. The summed E-state index contributed by atoms with van der Waals surface area (Å²) in [6, 6.07) is 7.49. The Morgan fingerprint density at radius 1 is 1.07 bits per heavy atom. The summed E-state index contributed by atoms with van der Waals surface area (Å²) in [5.41, 5.74) is 6.50. The highest BCUT2D eigenvalue weighted by Gasteiger charge is 2.08. The Labute approximate surface area is 185 Å². The second-order valence-corrected chi connectivity index (χ2v) is 7.06. The number of hydrogen-bond acceptors (Lipinski definition) is 3. The van der Waals surface area contributed by atoms with Crippen LogP contribution in [0.5, 0.6) is 0 Å². The highest BCUT2D eigenvalue weighted by molar-refractivity contribution is 14.0. The summed E-state index contributed by atoms with van der Waals surface area (Å²) in [6.45, 7) is 9.78. The molecule has 0 saturated carbocycles. The lowest BCUT2D eigenvalue weighted by molar-refractivity contribution is -0.117. The molecule has 0 heterocycles. The molecule has 1 unspecified atom stereocenters. The van der Waals surface area contributed by atoms with E-state index in [0.29, 0.717) is 24.1 Å². The number of benzene rings is 1.